The highest BCUT2D eigenvalue weighted by molar-refractivity contribution is 6.01. The van der Waals surface area contributed by atoms with E-state index < -0.39 is 6.04 Å². The van der Waals surface area contributed by atoms with Crippen LogP contribution in [0.25, 0.3) is 0 Å². The van der Waals surface area contributed by atoms with Gasteiger partial charge >= 0.3 is 0 Å². The lowest BCUT2D eigenvalue weighted by Crippen LogP contribution is -2.45. The van der Waals surface area contributed by atoms with Gasteiger partial charge in [-0.1, -0.05) is 48.5 Å². The van der Waals surface area contributed by atoms with Crippen LogP contribution < -0.4 is 20.1 Å². The summed E-state index contributed by atoms with van der Waals surface area (Å²) in [6.07, 6.45) is 0.361. The van der Waals surface area contributed by atoms with Gasteiger partial charge in [0.1, 0.15) is 6.04 Å². The van der Waals surface area contributed by atoms with Crippen molar-refractivity contribution in [3.8, 4) is 11.5 Å². The van der Waals surface area contributed by atoms with Gasteiger partial charge in [0.15, 0.2) is 11.5 Å². The van der Waals surface area contributed by atoms with Crippen LogP contribution in [0.3, 0.4) is 0 Å². The van der Waals surface area contributed by atoms with E-state index in [1.54, 1.807) is 49.6 Å². The van der Waals surface area contributed by atoms with Crippen LogP contribution in [0, 0.1) is 0 Å². The molecule has 0 spiro atoms. The fourth-order valence-electron chi connectivity index (χ4n) is 3.14. The first-order valence-electron chi connectivity index (χ1n) is 10.1. The predicted octanol–water partition coefficient (Wildman–Crippen LogP) is 4.07. The summed E-state index contributed by atoms with van der Waals surface area (Å²) in [4.78, 5) is 25.8. The smallest absolute Gasteiger partial charge is 0.251 e. The molecule has 0 radical (unpaired) electrons. The lowest BCUT2D eigenvalue weighted by molar-refractivity contribution is -0.118. The molecule has 3 aromatic carbocycles. The van der Waals surface area contributed by atoms with Crippen LogP contribution >= 0.6 is 0 Å². The van der Waals surface area contributed by atoms with Crippen molar-refractivity contribution in [1.82, 2.24) is 5.32 Å². The Morgan fingerprint density at radius 2 is 1.58 bits per heavy atom. The van der Waals surface area contributed by atoms with Crippen molar-refractivity contribution in [2.75, 3.05) is 19.0 Å². The summed E-state index contributed by atoms with van der Waals surface area (Å²) in [6.45, 7) is 2.39. The lowest BCUT2D eigenvalue weighted by Gasteiger charge is -2.19. The van der Waals surface area contributed by atoms with Crippen molar-refractivity contribution in [3.63, 3.8) is 0 Å². The number of amides is 2. The highest BCUT2D eigenvalue weighted by Gasteiger charge is 2.22. The molecule has 160 valence electrons. The Bertz CT molecular complexity index is 1010. The number of hydrogen-bond donors (Lipinski definition) is 2. The number of carbonyl (C=O) groups excluding carboxylic acids is 2. The molecule has 0 aliphatic rings. The van der Waals surface area contributed by atoms with Gasteiger partial charge in [0, 0.05) is 23.7 Å². The molecule has 1 atom stereocenters. The van der Waals surface area contributed by atoms with E-state index in [-0.39, 0.29) is 11.8 Å². The van der Waals surface area contributed by atoms with Crippen LogP contribution in [0.5, 0.6) is 11.5 Å². The van der Waals surface area contributed by atoms with Gasteiger partial charge in [-0.15, -0.1) is 0 Å². The highest BCUT2D eigenvalue weighted by atomic mass is 16.5. The molecule has 2 N–H and O–H groups in total. The molecular weight excluding hydrogens is 392 g/mol. The molecule has 0 aliphatic carbocycles. The Morgan fingerprint density at radius 3 is 2.23 bits per heavy atom. The highest BCUT2D eigenvalue weighted by Crippen LogP contribution is 2.30. The maximum atomic E-state index is 13.1. The largest absolute Gasteiger partial charge is 0.493 e. The summed E-state index contributed by atoms with van der Waals surface area (Å²) < 4.78 is 10.9. The molecule has 0 heterocycles. The SMILES string of the molecule is CCOc1ccc(NC(=O)[C@@H](Cc2ccccc2)NC(=O)c2ccccc2)cc1OC. The van der Waals surface area contributed by atoms with Crippen LogP contribution in [0.2, 0.25) is 0 Å². The summed E-state index contributed by atoms with van der Waals surface area (Å²) in [5.74, 6) is 0.495. The van der Waals surface area contributed by atoms with Gasteiger partial charge in [-0.3, -0.25) is 9.59 Å². The van der Waals surface area contributed by atoms with Crippen LogP contribution in [0.15, 0.2) is 78.9 Å². The summed E-state index contributed by atoms with van der Waals surface area (Å²) in [5, 5.41) is 5.73. The molecule has 0 aromatic heterocycles. The number of methoxy groups -OCH3 is 1. The maximum absolute atomic E-state index is 13.1. The average molecular weight is 418 g/mol. The van der Waals surface area contributed by atoms with Crippen molar-refractivity contribution in [2.24, 2.45) is 0 Å². The average Bonchev–Trinajstić information content (AvgIpc) is 2.81. The van der Waals surface area contributed by atoms with Crippen molar-refractivity contribution < 1.29 is 19.1 Å². The second-order valence-corrected chi connectivity index (χ2v) is 6.87. The first-order chi connectivity index (χ1) is 15.1. The number of hydrogen-bond acceptors (Lipinski definition) is 4. The van der Waals surface area contributed by atoms with Crippen molar-refractivity contribution in [2.45, 2.75) is 19.4 Å². The van der Waals surface area contributed by atoms with E-state index >= 15 is 0 Å². The van der Waals surface area contributed by atoms with E-state index in [1.807, 2.05) is 43.3 Å². The molecule has 0 aliphatic heterocycles. The Balaban J connectivity index is 1.79. The minimum absolute atomic E-state index is 0.305. The second kappa shape index (κ2) is 10.8. The van der Waals surface area contributed by atoms with Crippen LogP contribution in [-0.2, 0) is 11.2 Å². The van der Waals surface area contributed by atoms with Crippen LogP contribution in [-0.4, -0.2) is 31.6 Å². The normalized spacial score (nSPS) is 11.3. The van der Waals surface area contributed by atoms with E-state index in [2.05, 4.69) is 10.6 Å². The van der Waals surface area contributed by atoms with Gasteiger partial charge < -0.3 is 20.1 Å². The van der Waals surface area contributed by atoms with Gasteiger partial charge in [-0.25, -0.2) is 0 Å². The van der Waals surface area contributed by atoms with E-state index in [1.165, 1.54) is 0 Å². The molecule has 0 saturated heterocycles. The molecule has 3 rings (SSSR count). The third kappa shape index (κ3) is 6.09. The third-order valence-corrected chi connectivity index (χ3v) is 4.67. The second-order valence-electron chi connectivity index (χ2n) is 6.87. The Labute approximate surface area is 182 Å². The topological polar surface area (TPSA) is 76.7 Å². The number of anilines is 1. The molecule has 6 heteroatoms. The van der Waals surface area contributed by atoms with Crippen molar-refractivity contribution in [3.05, 3.63) is 90.0 Å². The first-order valence-corrected chi connectivity index (χ1v) is 10.1. The maximum Gasteiger partial charge on any atom is 0.251 e. The zero-order valence-corrected chi connectivity index (χ0v) is 17.6. The molecule has 3 aromatic rings. The molecule has 6 nitrogen and oxygen atoms in total. The summed E-state index contributed by atoms with van der Waals surface area (Å²) in [7, 11) is 1.54. The zero-order chi connectivity index (χ0) is 22.1. The number of ether oxygens (including phenoxy) is 2. The van der Waals surface area contributed by atoms with Gasteiger partial charge in [0.25, 0.3) is 5.91 Å². The first kappa shape index (κ1) is 21.9. The summed E-state index contributed by atoms with van der Waals surface area (Å²) in [6, 6.07) is 22.8. The van der Waals surface area contributed by atoms with Crippen LogP contribution in [0.1, 0.15) is 22.8 Å². The summed E-state index contributed by atoms with van der Waals surface area (Å²) >= 11 is 0. The predicted molar refractivity (Wildman–Crippen MR) is 121 cm³/mol. The van der Waals surface area contributed by atoms with E-state index in [0.29, 0.717) is 35.8 Å². The fraction of sp³-hybridized carbons (Fsp3) is 0.200. The molecule has 31 heavy (non-hydrogen) atoms. The molecule has 0 unspecified atom stereocenters. The van der Waals surface area contributed by atoms with E-state index in [0.717, 1.165) is 5.56 Å². The molecule has 0 bridgehead atoms. The van der Waals surface area contributed by atoms with Gasteiger partial charge in [-0.2, -0.15) is 0 Å². The quantitative estimate of drug-likeness (QED) is 0.549. The number of benzene rings is 3. The monoisotopic (exact) mass is 418 g/mol. The number of carbonyl (C=O) groups is 2. The van der Waals surface area contributed by atoms with Gasteiger partial charge in [-0.05, 0) is 36.8 Å². The number of nitrogens with one attached hydrogen (secondary N) is 2. The number of rotatable bonds is 9. The fourth-order valence-corrected chi connectivity index (χ4v) is 3.14. The van der Waals surface area contributed by atoms with Crippen molar-refractivity contribution >= 4 is 17.5 Å². The molecule has 2 amide bonds. The lowest BCUT2D eigenvalue weighted by atomic mass is 10.0. The Morgan fingerprint density at radius 1 is 0.903 bits per heavy atom. The zero-order valence-electron chi connectivity index (χ0n) is 17.6. The third-order valence-electron chi connectivity index (χ3n) is 4.67. The molecule has 0 fully saturated rings. The van der Waals surface area contributed by atoms with E-state index in [9.17, 15) is 9.59 Å². The van der Waals surface area contributed by atoms with Crippen molar-refractivity contribution in [1.29, 1.82) is 0 Å². The van der Waals surface area contributed by atoms with Gasteiger partial charge in [0.2, 0.25) is 5.91 Å². The standard InChI is InChI=1S/C25H26N2O4/c1-3-31-22-15-14-20(17-23(22)30-2)26-25(29)21(16-18-10-6-4-7-11-18)27-24(28)19-12-8-5-9-13-19/h4-15,17,21H,3,16H2,1-2H3,(H,26,29)(H,27,28)/t21-/m1/s1. The molecule has 0 saturated carbocycles. The van der Waals surface area contributed by atoms with Crippen LogP contribution in [0.4, 0.5) is 5.69 Å². The Hall–Kier alpha value is -3.80. The van der Waals surface area contributed by atoms with Gasteiger partial charge in [0.05, 0.1) is 13.7 Å². The minimum atomic E-state index is -0.757. The molecular formula is C25H26N2O4. The summed E-state index contributed by atoms with van der Waals surface area (Å²) in [5.41, 5.74) is 1.99. The Kier molecular flexibility index (Phi) is 7.65. The van der Waals surface area contributed by atoms with E-state index in [4.69, 9.17) is 9.47 Å². The minimum Gasteiger partial charge on any atom is -0.493 e.